The van der Waals surface area contributed by atoms with E-state index in [1.807, 2.05) is 12.1 Å². The molecule has 1 atom stereocenters. The predicted molar refractivity (Wildman–Crippen MR) is 72.9 cm³/mol. The molecule has 0 aliphatic heterocycles. The highest BCUT2D eigenvalue weighted by atomic mass is 19.1. The molecule has 0 saturated heterocycles. The highest BCUT2D eigenvalue weighted by Crippen LogP contribution is 2.22. The molecule has 18 heavy (non-hydrogen) atoms. The van der Waals surface area contributed by atoms with E-state index in [1.54, 1.807) is 13.0 Å². The molecule has 0 spiro atoms. The van der Waals surface area contributed by atoms with Crippen LogP contribution in [-0.2, 0) is 0 Å². The maximum atomic E-state index is 13.5. The molecule has 0 aromatic heterocycles. The molecule has 0 amide bonds. The summed E-state index contributed by atoms with van der Waals surface area (Å²) < 4.78 is 13.5. The lowest BCUT2D eigenvalue weighted by Gasteiger charge is -2.29. The normalized spacial score (nSPS) is 26.0. The van der Waals surface area contributed by atoms with E-state index in [4.69, 9.17) is 5.73 Å². The van der Waals surface area contributed by atoms with Gasteiger partial charge in [-0.1, -0.05) is 12.1 Å². The fourth-order valence-electron chi connectivity index (χ4n) is 2.61. The molecule has 2 nitrogen and oxygen atoms in total. The van der Waals surface area contributed by atoms with Crippen LogP contribution >= 0.6 is 0 Å². The average molecular weight is 250 g/mol. The van der Waals surface area contributed by atoms with Gasteiger partial charge in [0.2, 0.25) is 0 Å². The first-order chi connectivity index (χ1) is 8.56. The number of hydrogen-bond donors (Lipinski definition) is 2. The third kappa shape index (κ3) is 3.30. The van der Waals surface area contributed by atoms with Gasteiger partial charge in [0.15, 0.2) is 0 Å². The summed E-state index contributed by atoms with van der Waals surface area (Å²) in [5.41, 5.74) is 7.62. The van der Waals surface area contributed by atoms with E-state index in [-0.39, 0.29) is 11.9 Å². The summed E-state index contributed by atoms with van der Waals surface area (Å²) in [6.45, 7) is 3.89. The molecule has 0 bridgehead atoms. The Balaban J connectivity index is 1.94. The Morgan fingerprint density at radius 3 is 2.56 bits per heavy atom. The molecule has 0 heterocycles. The first kappa shape index (κ1) is 13.5. The van der Waals surface area contributed by atoms with E-state index in [9.17, 15) is 4.39 Å². The van der Waals surface area contributed by atoms with Crippen molar-refractivity contribution >= 4 is 0 Å². The largest absolute Gasteiger partial charge is 0.328 e. The Morgan fingerprint density at radius 2 is 1.94 bits per heavy atom. The molecule has 3 heteroatoms. The standard InChI is InChI=1S/C15H23FN2/c1-10-3-4-12(9-15(10)16)11(2)18-14-7-5-13(17)6-8-14/h3-4,9,11,13-14,18H,5-8,17H2,1-2H3. The SMILES string of the molecule is Cc1ccc(C(C)NC2CCC(N)CC2)cc1F. The quantitative estimate of drug-likeness (QED) is 0.865. The van der Waals surface area contributed by atoms with Crippen molar-refractivity contribution in [2.45, 2.75) is 57.7 Å². The van der Waals surface area contributed by atoms with Crippen molar-refractivity contribution < 1.29 is 4.39 Å². The second kappa shape index (κ2) is 5.81. The molecule has 1 unspecified atom stereocenters. The van der Waals surface area contributed by atoms with Gasteiger partial charge in [-0.25, -0.2) is 4.39 Å². The van der Waals surface area contributed by atoms with E-state index in [2.05, 4.69) is 12.2 Å². The van der Waals surface area contributed by atoms with E-state index >= 15 is 0 Å². The Kier molecular flexibility index (Phi) is 4.36. The summed E-state index contributed by atoms with van der Waals surface area (Å²) in [5, 5.41) is 3.58. The number of rotatable bonds is 3. The molecule has 0 radical (unpaired) electrons. The van der Waals surface area contributed by atoms with Crippen LogP contribution in [0, 0.1) is 12.7 Å². The zero-order valence-corrected chi connectivity index (χ0v) is 11.2. The molecule has 1 fully saturated rings. The van der Waals surface area contributed by atoms with Crippen LogP contribution in [0.5, 0.6) is 0 Å². The predicted octanol–water partition coefficient (Wildman–Crippen LogP) is 3.05. The molecule has 100 valence electrons. The van der Waals surface area contributed by atoms with Gasteiger partial charge in [0.25, 0.3) is 0 Å². The molecule has 1 aliphatic carbocycles. The Bertz CT molecular complexity index is 397. The first-order valence-electron chi connectivity index (χ1n) is 6.84. The Labute approximate surface area is 109 Å². The lowest BCUT2D eigenvalue weighted by atomic mass is 9.91. The fourth-order valence-corrected chi connectivity index (χ4v) is 2.61. The molecule has 1 aliphatic rings. The third-order valence-electron chi connectivity index (χ3n) is 3.95. The molecule has 2 rings (SSSR count). The number of aryl methyl sites for hydroxylation is 1. The zero-order chi connectivity index (χ0) is 13.1. The minimum absolute atomic E-state index is 0.119. The lowest BCUT2D eigenvalue weighted by Crippen LogP contribution is -2.38. The average Bonchev–Trinajstić information content (AvgIpc) is 2.35. The van der Waals surface area contributed by atoms with Crippen LogP contribution in [0.1, 0.15) is 49.8 Å². The van der Waals surface area contributed by atoms with Gasteiger partial charge in [-0.15, -0.1) is 0 Å². The maximum Gasteiger partial charge on any atom is 0.126 e. The van der Waals surface area contributed by atoms with Crippen molar-refractivity contribution in [3.63, 3.8) is 0 Å². The highest BCUT2D eigenvalue weighted by molar-refractivity contribution is 5.25. The van der Waals surface area contributed by atoms with Crippen molar-refractivity contribution in [3.8, 4) is 0 Å². The molecule has 1 aromatic carbocycles. The summed E-state index contributed by atoms with van der Waals surface area (Å²) in [7, 11) is 0. The van der Waals surface area contributed by atoms with Crippen LogP contribution in [0.4, 0.5) is 4.39 Å². The molecule has 1 aromatic rings. The van der Waals surface area contributed by atoms with Gasteiger partial charge < -0.3 is 11.1 Å². The number of halogens is 1. The van der Waals surface area contributed by atoms with Gasteiger partial charge >= 0.3 is 0 Å². The smallest absolute Gasteiger partial charge is 0.126 e. The van der Waals surface area contributed by atoms with Gasteiger partial charge in [0.1, 0.15) is 5.82 Å². The van der Waals surface area contributed by atoms with Crippen LogP contribution in [0.3, 0.4) is 0 Å². The fraction of sp³-hybridized carbons (Fsp3) is 0.600. The topological polar surface area (TPSA) is 38.0 Å². The van der Waals surface area contributed by atoms with E-state index < -0.39 is 0 Å². The van der Waals surface area contributed by atoms with Crippen molar-refractivity contribution in [1.29, 1.82) is 0 Å². The summed E-state index contributed by atoms with van der Waals surface area (Å²) in [6.07, 6.45) is 4.43. The minimum atomic E-state index is -0.119. The number of nitrogens with one attached hydrogen (secondary N) is 1. The summed E-state index contributed by atoms with van der Waals surface area (Å²) in [6, 6.07) is 6.57. The summed E-state index contributed by atoms with van der Waals surface area (Å²) in [5.74, 6) is -0.119. The number of hydrogen-bond acceptors (Lipinski definition) is 2. The van der Waals surface area contributed by atoms with E-state index in [0.717, 1.165) is 31.2 Å². The number of nitrogens with two attached hydrogens (primary N) is 1. The Hall–Kier alpha value is -0.930. The molecule has 1 saturated carbocycles. The van der Waals surface area contributed by atoms with Crippen LogP contribution in [0.25, 0.3) is 0 Å². The van der Waals surface area contributed by atoms with Crippen molar-refractivity contribution in [1.82, 2.24) is 5.32 Å². The van der Waals surface area contributed by atoms with Gasteiger partial charge in [0.05, 0.1) is 0 Å². The second-order valence-electron chi connectivity index (χ2n) is 5.51. The van der Waals surface area contributed by atoms with Crippen LogP contribution < -0.4 is 11.1 Å². The molecular weight excluding hydrogens is 227 g/mol. The van der Waals surface area contributed by atoms with E-state index in [1.165, 1.54) is 0 Å². The van der Waals surface area contributed by atoms with Crippen molar-refractivity contribution in [3.05, 3.63) is 35.1 Å². The van der Waals surface area contributed by atoms with Gasteiger partial charge in [-0.2, -0.15) is 0 Å². The van der Waals surface area contributed by atoms with Crippen LogP contribution in [0.15, 0.2) is 18.2 Å². The molecular formula is C15H23FN2. The van der Waals surface area contributed by atoms with Crippen molar-refractivity contribution in [2.24, 2.45) is 5.73 Å². The second-order valence-corrected chi connectivity index (χ2v) is 5.51. The maximum absolute atomic E-state index is 13.5. The van der Waals surface area contributed by atoms with E-state index in [0.29, 0.717) is 17.6 Å². The Morgan fingerprint density at radius 1 is 1.28 bits per heavy atom. The lowest BCUT2D eigenvalue weighted by molar-refractivity contribution is 0.322. The monoisotopic (exact) mass is 250 g/mol. The van der Waals surface area contributed by atoms with Crippen LogP contribution in [0.2, 0.25) is 0 Å². The van der Waals surface area contributed by atoms with Crippen LogP contribution in [-0.4, -0.2) is 12.1 Å². The van der Waals surface area contributed by atoms with Crippen molar-refractivity contribution in [2.75, 3.05) is 0 Å². The van der Waals surface area contributed by atoms with Gasteiger partial charge in [-0.05, 0) is 56.7 Å². The summed E-state index contributed by atoms with van der Waals surface area (Å²) >= 11 is 0. The molecule has 3 N–H and O–H groups in total. The first-order valence-corrected chi connectivity index (χ1v) is 6.84. The minimum Gasteiger partial charge on any atom is -0.328 e. The van der Waals surface area contributed by atoms with Gasteiger partial charge in [-0.3, -0.25) is 0 Å². The zero-order valence-electron chi connectivity index (χ0n) is 11.2. The highest BCUT2D eigenvalue weighted by Gasteiger charge is 2.20. The summed E-state index contributed by atoms with van der Waals surface area (Å²) in [4.78, 5) is 0. The number of benzene rings is 1. The van der Waals surface area contributed by atoms with Gasteiger partial charge in [0, 0.05) is 18.1 Å². The third-order valence-corrected chi connectivity index (χ3v) is 3.95.